The molecule has 9 atom stereocenters. The van der Waals surface area contributed by atoms with Gasteiger partial charge in [-0.25, -0.2) is 72.7 Å². The number of pyridine rings is 1. The number of hydrogen-bond acceptors (Lipinski definition) is 17. The van der Waals surface area contributed by atoms with E-state index in [9.17, 15) is 79.7 Å². The second-order valence-corrected chi connectivity index (χ2v) is 44.1. The summed E-state index contributed by atoms with van der Waals surface area (Å²) in [6.45, 7) is 7.14. The van der Waals surface area contributed by atoms with Crippen molar-refractivity contribution in [2.24, 2.45) is 49.2 Å². The zero-order valence-corrected chi connectivity index (χ0v) is 77.4. The maximum absolute atomic E-state index is 14.6. The van der Waals surface area contributed by atoms with E-state index in [2.05, 4.69) is 62.9 Å². The third-order valence-corrected chi connectivity index (χ3v) is 34.5. The summed E-state index contributed by atoms with van der Waals surface area (Å²) >= 11 is 0.681. The summed E-state index contributed by atoms with van der Waals surface area (Å²) in [6.07, 6.45) is 13.3. The predicted molar refractivity (Wildman–Crippen MR) is 486 cm³/mol. The first kappa shape index (κ1) is 94.4. The number of carbonyl (C=O) groups excluding carboxylic acids is 3. The van der Waals surface area contributed by atoms with Gasteiger partial charge in [0.1, 0.15) is 32.9 Å². The van der Waals surface area contributed by atoms with Crippen LogP contribution in [0.2, 0.25) is 0 Å². The number of benzene rings is 3. The molecule has 0 bridgehead atoms. The third kappa shape index (κ3) is 18.1. The van der Waals surface area contributed by atoms with Gasteiger partial charge in [-0.2, -0.15) is 59.9 Å². The Morgan fingerprint density at radius 2 is 0.881 bits per heavy atom. The fraction of sp³-hybridized carbons (Fsp3) is 0.366. The number of carbonyl (C=O) groups is 3. The molecule has 9 heterocycles. The summed E-state index contributed by atoms with van der Waals surface area (Å²) in [7, 11) is -3.88. The van der Waals surface area contributed by atoms with Crippen molar-refractivity contribution in [3.05, 3.63) is 258 Å². The minimum atomic E-state index is -4.66. The van der Waals surface area contributed by atoms with Crippen molar-refractivity contribution >= 4 is 105 Å². The molecule has 4 saturated carbocycles. The summed E-state index contributed by atoms with van der Waals surface area (Å²) in [4.78, 5) is 62.2. The van der Waals surface area contributed by atoms with Gasteiger partial charge in [0, 0.05) is 83.7 Å². The molecule has 24 nitrogen and oxygen atoms in total. The lowest BCUT2D eigenvalue weighted by molar-refractivity contribution is -0.138. The highest BCUT2D eigenvalue weighted by Gasteiger charge is 2.57. The van der Waals surface area contributed by atoms with Crippen LogP contribution >= 0.6 is 22.7 Å². The van der Waals surface area contributed by atoms with Crippen LogP contribution in [0.1, 0.15) is 171 Å². The van der Waals surface area contributed by atoms with Crippen LogP contribution in [0, 0.1) is 45.5 Å². The molecule has 134 heavy (non-hydrogen) atoms. The molecule has 9 aromatic heterocycles. The Hall–Kier alpha value is -11.3. The van der Waals surface area contributed by atoms with Crippen LogP contribution < -0.4 is 0 Å². The lowest BCUT2D eigenvalue weighted by Gasteiger charge is -2.47. The second-order valence-electron chi connectivity index (χ2n) is 35.5. The molecule has 3 unspecified atom stereocenters. The number of aromatic nitrogens is 15. The largest absolute Gasteiger partial charge is 0.427 e. The van der Waals surface area contributed by atoms with E-state index >= 15 is 0 Å². The summed E-state index contributed by atoms with van der Waals surface area (Å²) < 4.78 is 222. The average Bonchev–Trinajstić information content (AvgIpc) is 1.42. The molecule has 0 saturated heterocycles. The molecule has 19 rings (SSSR count). The molecule has 12 aromatic rings. The Morgan fingerprint density at radius 3 is 1.23 bits per heavy atom. The van der Waals surface area contributed by atoms with Crippen LogP contribution in [0.3, 0.4) is 0 Å². The Labute approximate surface area is 772 Å². The minimum Gasteiger partial charge on any atom is -0.339 e. The number of aryl methyl sites for hydroxylation is 3. The Morgan fingerprint density at radius 1 is 0.493 bits per heavy atom. The maximum Gasteiger partial charge on any atom is 0.427 e. The van der Waals surface area contributed by atoms with Gasteiger partial charge in [-0.1, -0.05) is 37.5 Å². The SMILES string of the molecule is C=S(=O)(c1ccn(C)n1)N(CC(C)C)[C@H]1CCC2=Cc3c(cnn3-c3ccc(F)cc3)C[C@]2(C(=O)c2cc(C(F)(F)F)ccn2)C1.C=S(=O)(c1cn(C)cn1)N(CC)[C@H]1CCC2=Cc3c(cnn3-c3ccc(F)cc3)C[C@]2(C(=O)c2ncc(C(F)(F)F)s2)C1.C=S(=O)(c1cn(C)cn1)N(CC1CC1)[C@H]1CCC2=Cc3c(cnn3-c3ccc(F)cc3)C[C@]2(C(=O)c2ncc(C(F)(F)F)s2)C1. The number of Topliss-reactive ketones (excluding diaryl/α,β-unsaturated/α-hetero) is 3. The number of halogens is 12. The van der Waals surface area contributed by atoms with E-state index in [1.807, 2.05) is 47.6 Å². The molecule has 7 aliphatic rings. The number of hydrogen-bond donors (Lipinski definition) is 0. The van der Waals surface area contributed by atoms with Crippen molar-refractivity contribution in [1.29, 1.82) is 0 Å². The lowest BCUT2D eigenvalue weighted by Crippen LogP contribution is -2.51. The zero-order chi connectivity index (χ0) is 95.5. The van der Waals surface area contributed by atoms with E-state index in [1.54, 1.807) is 146 Å². The quantitative estimate of drug-likeness (QED) is 0.0328. The topological polar surface area (TPSA) is 258 Å². The second kappa shape index (κ2) is 35.7. The molecular weight excluding hydrogens is 1850 g/mol. The number of ketones is 3. The first-order chi connectivity index (χ1) is 63.4. The standard InChI is InChI=1S/C33H34F4N6O2S.C31H30F4N6O2S2.C29H28F4N6O2S2/c1-21(2)20-42(46(4,45)30-12-14-41(3)40-30)27-8-5-23-16-29-22(19-39-43(29)26-9-6-25(34)7-10-26)17-32(23,18-27)31(44)28-15-24(11-13-38-28)33(35,36)37;1-39-17-27(37-18-39)45(2,43)40(16-19-3-4-19)24-8-5-21-11-25-20(14-38-41(25)23-9-6-22(32)7-10-23)12-30(21,13-24)28(42)29-36-15-26(44-29)31(33,34)35;1-4-38(43(3,41)25-16-37(2)17-35-25)22-8-5-19-11-23-18(14-36-39(23)21-9-6-20(30)7-10-21)12-28(19,13-22)26(40)27-34-15-24(42-27)29(31,32)33/h6-7,9-16,19,21,27H,4-5,8,17-18,20H2,1-3H3;6-7,9-11,14-15,17-19,24H,2-5,8,12-13,16H2,1H3;6-7,9-11,14-17,22H,3-5,8,12-13H2,1-2H3/t27-,32-,46?;24-,30-,45?;22-,28-,43?/m000/s1. The van der Waals surface area contributed by atoms with E-state index in [0.29, 0.717) is 143 Å². The van der Waals surface area contributed by atoms with Gasteiger partial charge in [0.05, 0.1) is 129 Å². The molecule has 7 aliphatic carbocycles. The van der Waals surface area contributed by atoms with Crippen molar-refractivity contribution in [2.75, 3.05) is 19.6 Å². The third-order valence-electron chi connectivity index (χ3n) is 26.1. The molecule has 0 aliphatic heterocycles. The van der Waals surface area contributed by atoms with Crippen LogP contribution in [-0.4, -0.2) is 171 Å². The molecule has 0 spiro atoms. The van der Waals surface area contributed by atoms with Crippen molar-refractivity contribution in [3.8, 4) is 17.1 Å². The Bertz CT molecular complexity index is 7000. The van der Waals surface area contributed by atoms with Gasteiger partial charge in [0.15, 0.2) is 30.9 Å². The van der Waals surface area contributed by atoms with Gasteiger partial charge in [0.2, 0.25) is 11.6 Å². The fourth-order valence-corrected chi connectivity index (χ4v) is 26.8. The lowest BCUT2D eigenvalue weighted by atomic mass is 9.60. The van der Waals surface area contributed by atoms with Gasteiger partial charge < -0.3 is 9.13 Å². The number of alkyl halides is 9. The zero-order valence-electron chi connectivity index (χ0n) is 73.3. The number of allylic oxidation sites excluding steroid dienone is 3. The molecule has 3 aromatic carbocycles. The predicted octanol–water partition coefficient (Wildman–Crippen LogP) is 17.7. The first-order valence-electron chi connectivity index (χ1n) is 43.1. The van der Waals surface area contributed by atoms with Crippen LogP contribution in [0.15, 0.2) is 191 Å². The average molecular weight is 1950 g/mol. The molecule has 704 valence electrons. The molecule has 0 N–H and O–H groups in total. The van der Waals surface area contributed by atoms with E-state index in [4.69, 9.17) is 0 Å². The molecule has 0 radical (unpaired) electrons. The molecular formula is C93H92F12N18O6S5. The van der Waals surface area contributed by atoms with Gasteiger partial charge in [-0.3, -0.25) is 24.0 Å². The highest BCUT2D eigenvalue weighted by atomic mass is 32.2. The number of fused-ring (bicyclic) bond motifs is 6. The number of rotatable bonds is 23. The summed E-state index contributed by atoms with van der Waals surface area (Å²) in [5, 5.41) is 18.5. The highest BCUT2D eigenvalue weighted by molar-refractivity contribution is 7.98. The highest BCUT2D eigenvalue weighted by Crippen LogP contribution is 2.57. The van der Waals surface area contributed by atoms with Gasteiger partial charge in [0.25, 0.3) is 0 Å². The van der Waals surface area contributed by atoms with Crippen LogP contribution in [0.25, 0.3) is 35.3 Å². The summed E-state index contributed by atoms with van der Waals surface area (Å²) in [6, 6.07) is 19.8. The molecule has 0 amide bonds. The van der Waals surface area contributed by atoms with Crippen LogP contribution in [0.4, 0.5) is 52.7 Å². The Kier molecular flexibility index (Phi) is 25.2. The molecule has 4 fully saturated rings. The number of imidazole rings is 2. The normalized spacial score (nSPS) is 21.9. The van der Waals surface area contributed by atoms with Crippen molar-refractivity contribution < 1.29 is 79.7 Å². The van der Waals surface area contributed by atoms with Crippen molar-refractivity contribution in [2.45, 2.75) is 162 Å². The summed E-state index contributed by atoms with van der Waals surface area (Å²) in [5.74, 6) is 10.1. The molecule has 41 heteroatoms. The van der Waals surface area contributed by atoms with Crippen molar-refractivity contribution in [3.63, 3.8) is 0 Å². The van der Waals surface area contributed by atoms with Crippen LogP contribution in [-0.2, 0) is 88.1 Å². The van der Waals surface area contributed by atoms with Crippen molar-refractivity contribution in [1.82, 2.24) is 86.1 Å². The van der Waals surface area contributed by atoms with E-state index in [0.717, 1.165) is 70.4 Å². The fourth-order valence-electron chi connectivity index (χ4n) is 19.4. The van der Waals surface area contributed by atoms with Gasteiger partial charge >= 0.3 is 18.5 Å². The van der Waals surface area contributed by atoms with Gasteiger partial charge in [-0.05, 0) is 245 Å². The Balaban J connectivity index is 0.000000140. The number of thiazole rings is 2. The maximum atomic E-state index is 14.6. The monoisotopic (exact) mass is 1940 g/mol. The van der Waals surface area contributed by atoms with Crippen LogP contribution in [0.5, 0.6) is 0 Å². The van der Waals surface area contributed by atoms with E-state index < -0.39 is 108 Å². The van der Waals surface area contributed by atoms with Gasteiger partial charge in [-0.15, -0.1) is 22.7 Å². The first-order valence-corrected chi connectivity index (χ1v) is 49.8. The van der Waals surface area contributed by atoms with E-state index in [-0.39, 0.29) is 83.9 Å². The summed E-state index contributed by atoms with van der Waals surface area (Å²) in [5.41, 5.74) is 3.50. The van der Waals surface area contributed by atoms with E-state index in [1.165, 1.54) is 36.4 Å². The number of nitrogens with zero attached hydrogens (tertiary/aromatic N) is 18. The minimum absolute atomic E-state index is 0.0897. The smallest absolute Gasteiger partial charge is 0.339 e.